The quantitative estimate of drug-likeness (QED) is 0.189. The van der Waals surface area contributed by atoms with Crippen LogP contribution in [0.1, 0.15) is 74.9 Å². The standard InChI is InChI=1S/C48H41N3/c1-46(2,3)32-24-26-35-36-27-25-33(47(4,5)6)29-41(36)48(40(35)28-32)39-23-14-13-20-34(39)37-21-15-22-38(42(37)48)45-50-43(30-16-9-7-10-17-30)49-44(51-45)31-18-11-8-12-19-31/h7-29H,1-6H3. The topological polar surface area (TPSA) is 38.7 Å². The Kier molecular flexibility index (Phi) is 6.86. The normalized spacial score (nSPS) is 13.8. The van der Waals surface area contributed by atoms with Gasteiger partial charge in [0.2, 0.25) is 0 Å². The monoisotopic (exact) mass is 659 g/mol. The summed E-state index contributed by atoms with van der Waals surface area (Å²) in [6.45, 7) is 13.9. The molecular weight excluding hydrogens is 619 g/mol. The highest BCUT2D eigenvalue weighted by Crippen LogP contribution is 2.65. The maximum absolute atomic E-state index is 5.30. The molecule has 0 saturated carbocycles. The molecule has 0 fully saturated rings. The zero-order valence-corrected chi connectivity index (χ0v) is 30.1. The zero-order valence-electron chi connectivity index (χ0n) is 30.1. The molecule has 51 heavy (non-hydrogen) atoms. The number of aromatic nitrogens is 3. The SMILES string of the molecule is CC(C)(C)c1ccc2c(c1)C1(c3cc(C(C)(C)C)ccc3-2)c2ccccc2-c2cccc(-c3nc(-c4ccccc4)nc(-c4ccccc4)n3)c21. The fraction of sp³-hybridized carbons (Fsp3) is 0.188. The van der Waals surface area contributed by atoms with E-state index in [0.29, 0.717) is 17.5 Å². The number of rotatable bonds is 3. The molecule has 0 saturated heterocycles. The summed E-state index contributed by atoms with van der Waals surface area (Å²) < 4.78 is 0. The highest BCUT2D eigenvalue weighted by atomic mass is 15.0. The van der Waals surface area contributed by atoms with Gasteiger partial charge in [-0.3, -0.25) is 0 Å². The van der Waals surface area contributed by atoms with Crippen LogP contribution in [-0.4, -0.2) is 15.0 Å². The second-order valence-electron chi connectivity index (χ2n) is 16.1. The van der Waals surface area contributed by atoms with E-state index in [0.717, 1.165) is 16.7 Å². The minimum atomic E-state index is -0.567. The van der Waals surface area contributed by atoms with Gasteiger partial charge in [0.05, 0.1) is 5.41 Å². The Bertz CT molecular complexity index is 2360. The van der Waals surface area contributed by atoms with Crippen LogP contribution in [-0.2, 0) is 16.2 Å². The predicted molar refractivity (Wildman–Crippen MR) is 210 cm³/mol. The average Bonchev–Trinajstić information content (AvgIpc) is 3.61. The van der Waals surface area contributed by atoms with E-state index in [-0.39, 0.29) is 10.8 Å². The lowest BCUT2D eigenvalue weighted by molar-refractivity contribution is 0.586. The van der Waals surface area contributed by atoms with Crippen molar-refractivity contribution in [1.29, 1.82) is 0 Å². The number of hydrogen-bond donors (Lipinski definition) is 0. The van der Waals surface area contributed by atoms with Crippen LogP contribution >= 0.6 is 0 Å². The lowest BCUT2D eigenvalue weighted by Crippen LogP contribution is -2.28. The highest BCUT2D eigenvalue weighted by molar-refractivity contribution is 5.98. The van der Waals surface area contributed by atoms with Crippen molar-refractivity contribution in [3.05, 3.63) is 173 Å². The van der Waals surface area contributed by atoms with Gasteiger partial charge in [0.1, 0.15) is 0 Å². The third-order valence-electron chi connectivity index (χ3n) is 10.9. The zero-order chi connectivity index (χ0) is 35.1. The summed E-state index contributed by atoms with van der Waals surface area (Å²) in [5.41, 5.74) is 15.3. The molecule has 3 nitrogen and oxygen atoms in total. The first-order chi connectivity index (χ1) is 24.5. The lowest BCUT2D eigenvalue weighted by Gasteiger charge is -2.34. The number of fused-ring (bicyclic) bond motifs is 10. The summed E-state index contributed by atoms with van der Waals surface area (Å²) in [4.78, 5) is 15.6. The second kappa shape index (κ2) is 11.2. The maximum atomic E-state index is 5.30. The molecule has 0 bridgehead atoms. The number of nitrogens with zero attached hydrogens (tertiary/aromatic N) is 3. The Morgan fingerprint density at radius 1 is 0.373 bits per heavy atom. The van der Waals surface area contributed by atoms with Crippen molar-refractivity contribution < 1.29 is 0 Å². The molecule has 0 atom stereocenters. The number of benzene rings is 6. The van der Waals surface area contributed by atoms with Crippen LogP contribution in [0.15, 0.2) is 140 Å². The van der Waals surface area contributed by atoms with Gasteiger partial charge in [-0.1, -0.05) is 181 Å². The predicted octanol–water partition coefficient (Wildman–Crippen LogP) is 11.8. The molecule has 6 aromatic carbocycles. The van der Waals surface area contributed by atoms with Crippen LogP contribution in [0.25, 0.3) is 56.4 Å². The third kappa shape index (κ3) is 4.75. The smallest absolute Gasteiger partial charge is 0.164 e. The first-order valence-electron chi connectivity index (χ1n) is 18.0. The summed E-state index contributed by atoms with van der Waals surface area (Å²) in [7, 11) is 0. The molecule has 1 spiro atoms. The summed E-state index contributed by atoms with van der Waals surface area (Å²) >= 11 is 0. The Morgan fingerprint density at radius 2 is 0.804 bits per heavy atom. The minimum Gasteiger partial charge on any atom is -0.208 e. The van der Waals surface area contributed by atoms with Crippen molar-refractivity contribution in [1.82, 2.24) is 15.0 Å². The Morgan fingerprint density at radius 3 is 1.33 bits per heavy atom. The van der Waals surface area contributed by atoms with Crippen LogP contribution < -0.4 is 0 Å². The van der Waals surface area contributed by atoms with Gasteiger partial charge in [0.25, 0.3) is 0 Å². The van der Waals surface area contributed by atoms with Crippen molar-refractivity contribution in [2.45, 2.75) is 57.8 Å². The highest BCUT2D eigenvalue weighted by Gasteiger charge is 2.53. The van der Waals surface area contributed by atoms with Crippen LogP contribution in [0.4, 0.5) is 0 Å². The average molecular weight is 660 g/mol. The molecule has 0 aliphatic heterocycles. The van der Waals surface area contributed by atoms with E-state index < -0.39 is 5.41 Å². The summed E-state index contributed by atoms with van der Waals surface area (Å²) in [6, 6.07) is 50.6. The van der Waals surface area contributed by atoms with Gasteiger partial charge in [-0.15, -0.1) is 0 Å². The number of hydrogen-bond acceptors (Lipinski definition) is 3. The van der Waals surface area contributed by atoms with Gasteiger partial charge in [-0.25, -0.2) is 15.0 Å². The van der Waals surface area contributed by atoms with Gasteiger partial charge in [0, 0.05) is 16.7 Å². The molecular formula is C48H41N3. The van der Waals surface area contributed by atoms with Crippen LogP contribution in [0.2, 0.25) is 0 Å². The summed E-state index contributed by atoms with van der Waals surface area (Å²) in [6.07, 6.45) is 0. The van der Waals surface area contributed by atoms with Gasteiger partial charge >= 0.3 is 0 Å². The van der Waals surface area contributed by atoms with Gasteiger partial charge in [-0.2, -0.15) is 0 Å². The van der Waals surface area contributed by atoms with Crippen molar-refractivity contribution in [2.24, 2.45) is 0 Å². The molecule has 9 rings (SSSR count). The van der Waals surface area contributed by atoms with E-state index in [9.17, 15) is 0 Å². The molecule has 248 valence electrons. The van der Waals surface area contributed by atoms with Gasteiger partial charge < -0.3 is 0 Å². The van der Waals surface area contributed by atoms with Crippen molar-refractivity contribution in [2.75, 3.05) is 0 Å². The van der Waals surface area contributed by atoms with Crippen LogP contribution in [0.3, 0.4) is 0 Å². The molecule has 0 radical (unpaired) electrons. The van der Waals surface area contributed by atoms with E-state index in [1.807, 2.05) is 36.4 Å². The fourth-order valence-electron chi connectivity index (χ4n) is 8.29. The van der Waals surface area contributed by atoms with Crippen LogP contribution in [0.5, 0.6) is 0 Å². The van der Waals surface area contributed by atoms with E-state index in [1.54, 1.807) is 0 Å². The molecule has 2 aliphatic rings. The Hall–Kier alpha value is -5.67. The first kappa shape index (κ1) is 31.3. The van der Waals surface area contributed by atoms with Crippen molar-refractivity contribution in [3.63, 3.8) is 0 Å². The Labute approximate surface area is 301 Å². The first-order valence-corrected chi connectivity index (χ1v) is 18.0. The largest absolute Gasteiger partial charge is 0.208 e. The van der Waals surface area contributed by atoms with E-state index in [2.05, 4.69) is 145 Å². The van der Waals surface area contributed by atoms with E-state index in [4.69, 9.17) is 15.0 Å². The van der Waals surface area contributed by atoms with Gasteiger partial charge in [-0.05, 0) is 66.5 Å². The molecule has 1 aromatic heterocycles. The fourth-order valence-corrected chi connectivity index (χ4v) is 8.29. The molecule has 3 heteroatoms. The van der Waals surface area contributed by atoms with Crippen molar-refractivity contribution in [3.8, 4) is 56.4 Å². The van der Waals surface area contributed by atoms with Crippen LogP contribution in [0, 0.1) is 0 Å². The molecule has 1 heterocycles. The Balaban J connectivity index is 1.42. The molecule has 2 aliphatic carbocycles. The molecule has 0 unspecified atom stereocenters. The van der Waals surface area contributed by atoms with Crippen molar-refractivity contribution >= 4 is 0 Å². The molecule has 0 amide bonds. The maximum Gasteiger partial charge on any atom is 0.164 e. The third-order valence-corrected chi connectivity index (χ3v) is 10.9. The second-order valence-corrected chi connectivity index (χ2v) is 16.1. The van der Waals surface area contributed by atoms with E-state index in [1.165, 1.54) is 55.6 Å². The summed E-state index contributed by atoms with van der Waals surface area (Å²) in [5, 5.41) is 0. The molecule has 7 aromatic rings. The molecule has 0 N–H and O–H groups in total. The van der Waals surface area contributed by atoms with Gasteiger partial charge in [0.15, 0.2) is 17.5 Å². The minimum absolute atomic E-state index is 0.0224. The summed E-state index contributed by atoms with van der Waals surface area (Å²) in [5.74, 6) is 2.01. The van der Waals surface area contributed by atoms with E-state index >= 15 is 0 Å². The lowest BCUT2D eigenvalue weighted by atomic mass is 9.67.